The molecule has 3 aliphatic rings. The summed E-state index contributed by atoms with van der Waals surface area (Å²) < 4.78 is 5.32. The number of aliphatic hydroxyl groups is 2. The minimum atomic E-state index is -0.880. The molecule has 1 heterocycles. The Kier molecular flexibility index (Phi) is 2.68. The van der Waals surface area contributed by atoms with Crippen molar-refractivity contribution in [2.24, 2.45) is 35.0 Å². The second-order valence-electron chi connectivity index (χ2n) is 6.94. The molecule has 1 saturated heterocycles. The third-order valence-corrected chi connectivity index (χ3v) is 5.94. The van der Waals surface area contributed by atoms with Crippen LogP contribution in [-0.2, 0) is 4.74 Å². The van der Waals surface area contributed by atoms with Crippen LogP contribution in [-0.4, -0.2) is 22.8 Å². The van der Waals surface area contributed by atoms with Crippen LogP contribution >= 0.6 is 0 Å². The molecule has 0 radical (unpaired) electrons. The zero-order valence-corrected chi connectivity index (χ0v) is 11.5. The summed E-state index contributed by atoms with van der Waals surface area (Å²) in [7, 11) is 0. The quantitative estimate of drug-likeness (QED) is 0.703. The lowest BCUT2D eigenvalue weighted by Crippen LogP contribution is -2.50. The number of hydrogen-bond acceptors (Lipinski definition) is 3. The van der Waals surface area contributed by atoms with E-state index in [0.29, 0.717) is 17.8 Å². The Morgan fingerprint density at radius 1 is 1.33 bits per heavy atom. The second kappa shape index (κ2) is 3.81. The van der Waals surface area contributed by atoms with Gasteiger partial charge >= 0.3 is 0 Å². The Bertz CT molecular complexity index is 378. The van der Waals surface area contributed by atoms with E-state index in [0.717, 1.165) is 12.0 Å². The molecular formula is C15H24O3. The molecule has 1 aliphatic heterocycles. The molecule has 0 amide bonds. The van der Waals surface area contributed by atoms with E-state index in [2.05, 4.69) is 27.4 Å². The van der Waals surface area contributed by atoms with E-state index < -0.39 is 12.6 Å². The van der Waals surface area contributed by atoms with Crippen LogP contribution in [0.5, 0.6) is 0 Å². The predicted molar refractivity (Wildman–Crippen MR) is 68.4 cm³/mol. The van der Waals surface area contributed by atoms with E-state index in [9.17, 15) is 10.2 Å². The van der Waals surface area contributed by atoms with E-state index >= 15 is 0 Å². The normalized spacial score (nSPS) is 55.1. The van der Waals surface area contributed by atoms with Gasteiger partial charge in [-0.25, -0.2) is 0 Å². The maximum atomic E-state index is 10.2. The Hall–Kier alpha value is -0.380. The van der Waals surface area contributed by atoms with Crippen LogP contribution < -0.4 is 0 Å². The molecule has 2 saturated carbocycles. The van der Waals surface area contributed by atoms with Gasteiger partial charge in [0.15, 0.2) is 12.6 Å². The first kappa shape index (κ1) is 12.6. The number of rotatable bonds is 1. The molecule has 4 bridgehead atoms. The van der Waals surface area contributed by atoms with Crippen LogP contribution in [0.2, 0.25) is 0 Å². The maximum Gasteiger partial charge on any atom is 0.164 e. The van der Waals surface area contributed by atoms with Crippen molar-refractivity contribution in [1.29, 1.82) is 0 Å². The number of ether oxygens (including phenoxy) is 1. The van der Waals surface area contributed by atoms with Crippen molar-refractivity contribution in [3.63, 3.8) is 0 Å². The van der Waals surface area contributed by atoms with Crippen molar-refractivity contribution in [2.75, 3.05) is 0 Å². The molecule has 102 valence electrons. The fourth-order valence-corrected chi connectivity index (χ4v) is 4.95. The van der Waals surface area contributed by atoms with E-state index in [1.807, 2.05) is 0 Å². The fourth-order valence-electron chi connectivity index (χ4n) is 4.95. The molecule has 0 aromatic rings. The molecule has 0 aromatic heterocycles. The van der Waals surface area contributed by atoms with Gasteiger partial charge in [-0.1, -0.05) is 32.9 Å². The first-order chi connectivity index (χ1) is 8.38. The molecule has 3 rings (SSSR count). The summed E-state index contributed by atoms with van der Waals surface area (Å²) in [4.78, 5) is 0. The Balaban J connectivity index is 2.07. The summed E-state index contributed by atoms with van der Waals surface area (Å²) in [6, 6.07) is 0. The van der Waals surface area contributed by atoms with Gasteiger partial charge in [-0.05, 0) is 36.0 Å². The number of aliphatic hydroxyl groups excluding tert-OH is 2. The van der Waals surface area contributed by atoms with Crippen molar-refractivity contribution in [2.45, 2.75) is 46.2 Å². The highest BCUT2D eigenvalue weighted by molar-refractivity contribution is 5.29. The van der Waals surface area contributed by atoms with Crippen LogP contribution in [0.15, 0.2) is 12.2 Å². The van der Waals surface area contributed by atoms with Gasteiger partial charge in [0.25, 0.3) is 0 Å². The average molecular weight is 252 g/mol. The van der Waals surface area contributed by atoms with E-state index in [4.69, 9.17) is 4.74 Å². The molecule has 7 atom stereocenters. The molecule has 2 N–H and O–H groups in total. The van der Waals surface area contributed by atoms with Gasteiger partial charge in [-0.2, -0.15) is 0 Å². The summed E-state index contributed by atoms with van der Waals surface area (Å²) >= 11 is 0. The lowest BCUT2D eigenvalue weighted by atomic mass is 9.60. The standard InChI is InChI=1S/C15H24O3/c1-7(2)9-5-6-15(4)8(3)10-11(9)12(15)14(17)18-13(10)16/h7,9-14,16-17H,3,5-6H2,1-2,4H3/t9-,10+,11-,12-,13-,14-,15+/m1/s1. The average Bonchev–Trinajstić information content (AvgIpc) is 2.36. The molecule has 18 heavy (non-hydrogen) atoms. The van der Waals surface area contributed by atoms with Gasteiger partial charge in [0.2, 0.25) is 0 Å². The van der Waals surface area contributed by atoms with Crippen molar-refractivity contribution < 1.29 is 14.9 Å². The highest BCUT2D eigenvalue weighted by Crippen LogP contribution is 2.67. The lowest BCUT2D eigenvalue weighted by molar-refractivity contribution is -0.293. The molecule has 3 heteroatoms. The van der Waals surface area contributed by atoms with Crippen LogP contribution in [0.3, 0.4) is 0 Å². The van der Waals surface area contributed by atoms with Gasteiger partial charge in [0, 0.05) is 11.8 Å². The van der Waals surface area contributed by atoms with E-state index in [1.54, 1.807) is 0 Å². The zero-order chi connectivity index (χ0) is 13.2. The highest BCUT2D eigenvalue weighted by atomic mass is 16.7. The van der Waals surface area contributed by atoms with E-state index in [-0.39, 0.29) is 17.3 Å². The Morgan fingerprint density at radius 3 is 2.61 bits per heavy atom. The third-order valence-electron chi connectivity index (χ3n) is 5.94. The first-order valence-corrected chi connectivity index (χ1v) is 7.09. The topological polar surface area (TPSA) is 49.7 Å². The molecular weight excluding hydrogens is 228 g/mol. The first-order valence-electron chi connectivity index (χ1n) is 7.09. The van der Waals surface area contributed by atoms with E-state index in [1.165, 1.54) is 6.42 Å². The van der Waals surface area contributed by atoms with Crippen LogP contribution in [0, 0.1) is 35.0 Å². The van der Waals surface area contributed by atoms with Gasteiger partial charge in [0.1, 0.15) is 0 Å². The molecule has 3 nitrogen and oxygen atoms in total. The summed E-state index contributed by atoms with van der Waals surface area (Å²) in [5, 5.41) is 20.4. The predicted octanol–water partition coefficient (Wildman–Crippen LogP) is 2.14. The maximum absolute atomic E-state index is 10.2. The van der Waals surface area contributed by atoms with Gasteiger partial charge in [-0.15, -0.1) is 0 Å². The highest BCUT2D eigenvalue weighted by Gasteiger charge is 2.65. The Morgan fingerprint density at radius 2 is 2.00 bits per heavy atom. The summed E-state index contributed by atoms with van der Waals surface area (Å²) in [5.41, 5.74) is 1.04. The Labute approximate surface area is 109 Å². The molecule has 0 spiro atoms. The number of hydrogen-bond donors (Lipinski definition) is 2. The van der Waals surface area contributed by atoms with Gasteiger partial charge in [0.05, 0.1) is 0 Å². The minimum absolute atomic E-state index is 0.0123. The summed E-state index contributed by atoms with van der Waals surface area (Å²) in [5.74, 6) is 1.58. The van der Waals surface area contributed by atoms with Crippen molar-refractivity contribution in [1.82, 2.24) is 0 Å². The summed E-state index contributed by atoms with van der Waals surface area (Å²) in [6.45, 7) is 10.9. The van der Waals surface area contributed by atoms with Crippen molar-refractivity contribution in [3.05, 3.63) is 12.2 Å². The molecule has 0 unspecified atom stereocenters. The largest absolute Gasteiger partial charge is 0.368 e. The van der Waals surface area contributed by atoms with Crippen molar-refractivity contribution >= 4 is 0 Å². The lowest BCUT2D eigenvalue weighted by Gasteiger charge is -2.48. The smallest absolute Gasteiger partial charge is 0.164 e. The molecule has 0 aromatic carbocycles. The second-order valence-corrected chi connectivity index (χ2v) is 6.94. The van der Waals surface area contributed by atoms with Crippen LogP contribution in [0.4, 0.5) is 0 Å². The minimum Gasteiger partial charge on any atom is -0.368 e. The van der Waals surface area contributed by atoms with Gasteiger partial charge < -0.3 is 14.9 Å². The van der Waals surface area contributed by atoms with Gasteiger partial charge in [-0.3, -0.25) is 0 Å². The monoisotopic (exact) mass is 252 g/mol. The van der Waals surface area contributed by atoms with Crippen LogP contribution in [0.25, 0.3) is 0 Å². The fraction of sp³-hybridized carbons (Fsp3) is 0.867. The molecule has 2 aliphatic carbocycles. The third kappa shape index (κ3) is 1.36. The zero-order valence-electron chi connectivity index (χ0n) is 11.5. The van der Waals surface area contributed by atoms with Crippen LogP contribution in [0.1, 0.15) is 33.6 Å². The molecule has 3 fully saturated rings. The SMILES string of the molecule is C=C1[C@H]2[C@@H]3[C@H]([C@H](O)O[C@H]2O)[C@@]1(C)CC[C@@H]3C(C)C. The summed E-state index contributed by atoms with van der Waals surface area (Å²) in [6.07, 6.45) is 0.506. The van der Waals surface area contributed by atoms with Crippen molar-refractivity contribution in [3.8, 4) is 0 Å².